The third kappa shape index (κ3) is 3.71. The summed E-state index contributed by atoms with van der Waals surface area (Å²) in [5.41, 5.74) is 0.754. The van der Waals surface area contributed by atoms with Crippen molar-refractivity contribution >= 4 is 11.7 Å². The van der Waals surface area contributed by atoms with Crippen LogP contribution in [0, 0.1) is 5.92 Å². The van der Waals surface area contributed by atoms with Crippen molar-refractivity contribution in [1.82, 2.24) is 24.9 Å². The van der Waals surface area contributed by atoms with Gasteiger partial charge in [0.1, 0.15) is 5.82 Å². The number of anilines is 1. The fraction of sp³-hybridized carbons (Fsp3) is 0.579. The Labute approximate surface area is 154 Å². The summed E-state index contributed by atoms with van der Waals surface area (Å²) >= 11 is 0. The molecule has 1 amide bonds. The van der Waals surface area contributed by atoms with Crippen LogP contribution >= 0.6 is 0 Å². The quantitative estimate of drug-likeness (QED) is 0.842. The Morgan fingerprint density at radius 1 is 1.08 bits per heavy atom. The Balaban J connectivity index is 1.41. The van der Waals surface area contributed by atoms with Gasteiger partial charge >= 0.3 is 0 Å². The van der Waals surface area contributed by atoms with E-state index in [4.69, 9.17) is 0 Å². The minimum Gasteiger partial charge on any atom is -0.356 e. The van der Waals surface area contributed by atoms with Crippen molar-refractivity contribution in [3.63, 3.8) is 0 Å². The molecule has 138 valence electrons. The molecule has 2 fully saturated rings. The summed E-state index contributed by atoms with van der Waals surface area (Å²) in [5, 5.41) is 7.91. The van der Waals surface area contributed by atoms with E-state index in [0.717, 1.165) is 56.9 Å². The first kappa shape index (κ1) is 17.0. The molecule has 26 heavy (non-hydrogen) atoms. The Kier molecular flexibility index (Phi) is 5.13. The Morgan fingerprint density at radius 3 is 2.62 bits per heavy atom. The van der Waals surface area contributed by atoms with Crippen LogP contribution in [0.5, 0.6) is 0 Å². The summed E-state index contributed by atoms with van der Waals surface area (Å²) < 4.78 is 1.89. The molecular weight excluding hydrogens is 328 g/mol. The highest BCUT2D eigenvalue weighted by atomic mass is 16.2. The number of hydrogen-bond acceptors (Lipinski definition) is 5. The van der Waals surface area contributed by atoms with Crippen molar-refractivity contribution in [2.24, 2.45) is 5.92 Å². The van der Waals surface area contributed by atoms with Crippen LogP contribution in [0.3, 0.4) is 0 Å². The number of pyridine rings is 1. The summed E-state index contributed by atoms with van der Waals surface area (Å²) in [7, 11) is 0. The fourth-order valence-electron chi connectivity index (χ4n) is 4.01. The van der Waals surface area contributed by atoms with Crippen molar-refractivity contribution in [2.75, 3.05) is 31.1 Å². The molecule has 0 N–H and O–H groups in total. The van der Waals surface area contributed by atoms with Crippen molar-refractivity contribution in [2.45, 2.75) is 38.6 Å². The van der Waals surface area contributed by atoms with E-state index in [2.05, 4.69) is 20.2 Å². The SMILES string of the molecule is O=C(c1cccnc1N1CCCCC1)N1CCC(Cn2ccnn2)CC1. The number of amides is 1. The predicted octanol–water partition coefficient (Wildman–Crippen LogP) is 2.22. The summed E-state index contributed by atoms with van der Waals surface area (Å²) in [4.78, 5) is 21.9. The Hall–Kier alpha value is -2.44. The maximum Gasteiger partial charge on any atom is 0.257 e. The van der Waals surface area contributed by atoms with Gasteiger partial charge in [0.15, 0.2) is 0 Å². The van der Waals surface area contributed by atoms with E-state index in [9.17, 15) is 4.79 Å². The smallest absolute Gasteiger partial charge is 0.257 e. The highest BCUT2D eigenvalue weighted by Crippen LogP contribution is 2.25. The van der Waals surface area contributed by atoms with Crippen molar-refractivity contribution in [3.05, 3.63) is 36.3 Å². The van der Waals surface area contributed by atoms with Crippen LogP contribution < -0.4 is 4.90 Å². The molecule has 0 saturated carbocycles. The van der Waals surface area contributed by atoms with E-state index in [-0.39, 0.29) is 5.91 Å². The van der Waals surface area contributed by atoms with E-state index < -0.39 is 0 Å². The minimum atomic E-state index is 0.123. The molecule has 0 spiro atoms. The molecule has 0 unspecified atom stereocenters. The monoisotopic (exact) mass is 354 g/mol. The number of hydrogen-bond donors (Lipinski definition) is 0. The van der Waals surface area contributed by atoms with Gasteiger partial charge in [0.25, 0.3) is 5.91 Å². The summed E-state index contributed by atoms with van der Waals surface area (Å²) in [6.45, 7) is 4.47. The molecule has 0 bridgehead atoms. The lowest BCUT2D eigenvalue weighted by Crippen LogP contribution is -2.40. The second kappa shape index (κ2) is 7.85. The summed E-state index contributed by atoms with van der Waals surface area (Å²) in [6.07, 6.45) is 11.0. The molecule has 2 aliphatic rings. The van der Waals surface area contributed by atoms with Crippen LogP contribution in [0.2, 0.25) is 0 Å². The number of rotatable bonds is 4. The van der Waals surface area contributed by atoms with Gasteiger partial charge in [-0.15, -0.1) is 5.10 Å². The molecule has 2 saturated heterocycles. The van der Waals surface area contributed by atoms with Gasteiger partial charge in [0, 0.05) is 45.1 Å². The minimum absolute atomic E-state index is 0.123. The van der Waals surface area contributed by atoms with E-state index in [1.807, 2.05) is 27.9 Å². The third-order valence-corrected chi connectivity index (χ3v) is 5.49. The van der Waals surface area contributed by atoms with Gasteiger partial charge in [-0.05, 0) is 50.2 Å². The van der Waals surface area contributed by atoms with E-state index >= 15 is 0 Å². The number of carbonyl (C=O) groups excluding carboxylic acids is 1. The Morgan fingerprint density at radius 2 is 1.88 bits per heavy atom. The van der Waals surface area contributed by atoms with E-state index in [0.29, 0.717) is 5.92 Å². The maximum absolute atomic E-state index is 13.1. The molecule has 2 aliphatic heterocycles. The number of aromatic nitrogens is 4. The van der Waals surface area contributed by atoms with Crippen molar-refractivity contribution in [3.8, 4) is 0 Å². The lowest BCUT2D eigenvalue weighted by molar-refractivity contribution is 0.0681. The van der Waals surface area contributed by atoms with Crippen molar-refractivity contribution in [1.29, 1.82) is 0 Å². The lowest BCUT2D eigenvalue weighted by atomic mass is 9.96. The molecule has 0 atom stereocenters. The van der Waals surface area contributed by atoms with Gasteiger partial charge in [-0.25, -0.2) is 4.98 Å². The topological polar surface area (TPSA) is 67.2 Å². The summed E-state index contributed by atoms with van der Waals surface area (Å²) in [5.74, 6) is 1.54. The van der Waals surface area contributed by atoms with Gasteiger partial charge in [-0.2, -0.15) is 0 Å². The normalized spacial score (nSPS) is 18.9. The lowest BCUT2D eigenvalue weighted by Gasteiger charge is -2.34. The van der Waals surface area contributed by atoms with Crippen LogP contribution in [-0.4, -0.2) is 57.0 Å². The first-order valence-corrected chi connectivity index (χ1v) is 9.64. The molecule has 7 nitrogen and oxygen atoms in total. The average molecular weight is 354 g/mol. The Bertz CT molecular complexity index is 717. The molecule has 2 aromatic heterocycles. The fourth-order valence-corrected chi connectivity index (χ4v) is 4.01. The molecule has 0 radical (unpaired) electrons. The molecule has 7 heteroatoms. The van der Waals surface area contributed by atoms with Gasteiger partial charge in [0.05, 0.1) is 11.8 Å². The number of nitrogens with zero attached hydrogens (tertiary/aromatic N) is 6. The number of likely N-dealkylation sites (tertiary alicyclic amines) is 1. The molecule has 2 aromatic rings. The van der Waals surface area contributed by atoms with Crippen LogP contribution in [0.25, 0.3) is 0 Å². The molecular formula is C19H26N6O. The zero-order valence-corrected chi connectivity index (χ0v) is 15.1. The van der Waals surface area contributed by atoms with Gasteiger partial charge in [0.2, 0.25) is 0 Å². The molecule has 0 aliphatic carbocycles. The van der Waals surface area contributed by atoms with Crippen LogP contribution in [0.1, 0.15) is 42.5 Å². The van der Waals surface area contributed by atoms with Crippen LogP contribution in [-0.2, 0) is 6.54 Å². The summed E-state index contributed by atoms with van der Waals surface area (Å²) in [6, 6.07) is 3.80. The maximum atomic E-state index is 13.1. The average Bonchev–Trinajstić information content (AvgIpc) is 3.22. The molecule has 0 aromatic carbocycles. The predicted molar refractivity (Wildman–Crippen MR) is 99.0 cm³/mol. The van der Waals surface area contributed by atoms with E-state index in [1.165, 1.54) is 19.3 Å². The standard InChI is InChI=1S/C19H26N6O/c26-19(17-5-4-8-20-18(17)23-10-2-1-3-11-23)24-12-6-16(7-13-24)15-25-14-9-21-22-25/h4-5,8-9,14,16H,1-3,6-7,10-13,15H2. The zero-order valence-electron chi connectivity index (χ0n) is 15.1. The molecule has 4 heterocycles. The van der Waals surface area contributed by atoms with Gasteiger partial charge in [-0.1, -0.05) is 5.21 Å². The van der Waals surface area contributed by atoms with Crippen molar-refractivity contribution < 1.29 is 4.79 Å². The van der Waals surface area contributed by atoms with E-state index in [1.54, 1.807) is 12.4 Å². The third-order valence-electron chi connectivity index (χ3n) is 5.49. The zero-order chi connectivity index (χ0) is 17.8. The second-order valence-electron chi connectivity index (χ2n) is 7.28. The number of carbonyl (C=O) groups is 1. The van der Waals surface area contributed by atoms with Gasteiger partial charge in [-0.3, -0.25) is 9.48 Å². The first-order valence-electron chi connectivity index (χ1n) is 9.64. The first-order chi connectivity index (χ1) is 12.8. The second-order valence-corrected chi connectivity index (χ2v) is 7.28. The number of piperidine rings is 2. The highest BCUT2D eigenvalue weighted by Gasteiger charge is 2.27. The van der Waals surface area contributed by atoms with Gasteiger partial charge < -0.3 is 9.80 Å². The molecule has 4 rings (SSSR count). The van der Waals surface area contributed by atoms with Crippen LogP contribution in [0.15, 0.2) is 30.7 Å². The largest absolute Gasteiger partial charge is 0.356 e. The highest BCUT2D eigenvalue weighted by molar-refractivity contribution is 5.99. The van der Waals surface area contributed by atoms with Crippen LogP contribution in [0.4, 0.5) is 5.82 Å².